The molecule has 0 saturated carbocycles. The number of esters is 1. The Morgan fingerprint density at radius 3 is 2.30 bits per heavy atom. The average Bonchev–Trinajstić information content (AvgIpc) is 2.61. The van der Waals surface area contributed by atoms with Crippen LogP contribution in [0.25, 0.3) is 0 Å². The number of carbonyl (C=O) groups is 2. The summed E-state index contributed by atoms with van der Waals surface area (Å²) in [7, 11) is 0. The van der Waals surface area contributed by atoms with Gasteiger partial charge < -0.3 is 4.74 Å². The number of ketones is 1. The molecule has 0 heterocycles. The lowest BCUT2D eigenvalue weighted by atomic mass is 9.98. The van der Waals surface area contributed by atoms with Crippen LogP contribution < -0.4 is 0 Å². The third kappa shape index (κ3) is 5.56. The van der Waals surface area contributed by atoms with Crippen molar-refractivity contribution in [3.05, 3.63) is 73.5 Å². The molecule has 0 aliphatic heterocycles. The van der Waals surface area contributed by atoms with E-state index in [0.717, 1.165) is 18.2 Å². The molecule has 0 amide bonds. The Morgan fingerprint density at radius 2 is 1.73 bits per heavy atom. The van der Waals surface area contributed by atoms with E-state index < -0.39 is 74.4 Å². The molecule has 0 N–H and O–H groups in total. The summed E-state index contributed by atoms with van der Waals surface area (Å²) in [5.41, 5.74) is -3.01. The van der Waals surface area contributed by atoms with Crippen LogP contribution in [-0.2, 0) is 22.4 Å². The number of nitro groups is 1. The fourth-order valence-corrected chi connectivity index (χ4v) is 2.83. The number of carbonyl (C=O) groups excluding carboxylic acids is 2. The van der Waals surface area contributed by atoms with Crippen LogP contribution >= 0.6 is 11.6 Å². The number of ether oxygens (including phenoxy) is 1. The lowest BCUT2D eigenvalue weighted by molar-refractivity contribution is -0.385. The monoisotopic (exact) mass is 443 g/mol. The maximum absolute atomic E-state index is 14.8. The molecule has 0 saturated heterocycles. The third-order valence-electron chi connectivity index (χ3n) is 3.88. The van der Waals surface area contributed by atoms with Gasteiger partial charge in [-0.2, -0.15) is 0 Å². The molecule has 0 bridgehead atoms. The Balaban J connectivity index is 2.36. The van der Waals surface area contributed by atoms with E-state index in [4.69, 9.17) is 16.3 Å². The first-order valence-electron chi connectivity index (χ1n) is 8.64. The van der Waals surface area contributed by atoms with E-state index in [0.29, 0.717) is 6.07 Å². The van der Waals surface area contributed by atoms with Gasteiger partial charge in [0.2, 0.25) is 0 Å². The molecule has 0 spiro atoms. The number of hydrogen-bond donors (Lipinski definition) is 0. The molecule has 2 aromatic rings. The summed E-state index contributed by atoms with van der Waals surface area (Å²) in [6.45, 7) is 4.87. The Bertz CT molecular complexity index is 1030. The predicted molar refractivity (Wildman–Crippen MR) is 102 cm³/mol. The molecule has 0 aromatic heterocycles. The lowest BCUT2D eigenvalue weighted by Crippen LogP contribution is -2.25. The van der Waals surface area contributed by atoms with Crippen LogP contribution in [0.4, 0.5) is 18.9 Å². The third-order valence-corrected chi connectivity index (χ3v) is 4.27. The maximum atomic E-state index is 14.8. The number of non-ortho nitro benzene ring substituents is 1. The molecular formula is C20H17ClF3NO5. The molecule has 10 heteroatoms. The van der Waals surface area contributed by atoms with Gasteiger partial charge in [0.05, 0.1) is 22.4 Å². The maximum Gasteiger partial charge on any atom is 0.310 e. The molecule has 0 unspecified atom stereocenters. The fraction of sp³-hybridized carbons (Fsp3) is 0.300. The molecule has 6 nitrogen and oxygen atoms in total. The predicted octanol–water partition coefficient (Wildman–Crippen LogP) is 4.98. The summed E-state index contributed by atoms with van der Waals surface area (Å²) >= 11 is 5.71. The molecule has 30 heavy (non-hydrogen) atoms. The zero-order chi connectivity index (χ0) is 22.8. The van der Waals surface area contributed by atoms with E-state index in [1.807, 2.05) is 0 Å². The van der Waals surface area contributed by atoms with Gasteiger partial charge in [-0.05, 0) is 32.4 Å². The average molecular weight is 444 g/mol. The Hall–Kier alpha value is -2.94. The second-order valence-electron chi connectivity index (χ2n) is 7.41. The van der Waals surface area contributed by atoms with Gasteiger partial charge in [-0.3, -0.25) is 19.7 Å². The molecule has 0 atom stereocenters. The van der Waals surface area contributed by atoms with Gasteiger partial charge in [0.1, 0.15) is 23.1 Å². The standard InChI is InChI=1S/C20H17ClF3NO5/c1-20(2,3)30-17(27)6-10-4-5-14(22)12(19(10)24)9-16(26)13-7-11(25(28)29)8-15(23)18(13)21/h4-5,7-8H,6,9H2,1-3H3. The SMILES string of the molecule is CC(C)(C)OC(=O)Cc1ccc(F)c(CC(=O)c2cc([N+](=O)[O-])cc(F)c2Cl)c1F. The number of nitro benzene ring substituents is 1. The van der Waals surface area contributed by atoms with Crippen molar-refractivity contribution < 1.29 is 32.4 Å². The topological polar surface area (TPSA) is 86.5 Å². The van der Waals surface area contributed by atoms with E-state index in [9.17, 15) is 32.9 Å². The highest BCUT2D eigenvalue weighted by molar-refractivity contribution is 6.34. The van der Waals surface area contributed by atoms with Gasteiger partial charge in [0, 0.05) is 23.6 Å². The summed E-state index contributed by atoms with van der Waals surface area (Å²) in [6.07, 6.45) is -1.39. The summed E-state index contributed by atoms with van der Waals surface area (Å²) in [4.78, 5) is 34.4. The molecule has 160 valence electrons. The van der Waals surface area contributed by atoms with Crippen molar-refractivity contribution in [3.8, 4) is 0 Å². The van der Waals surface area contributed by atoms with E-state index in [2.05, 4.69) is 0 Å². The van der Waals surface area contributed by atoms with Crippen LogP contribution in [0.5, 0.6) is 0 Å². The van der Waals surface area contributed by atoms with Crippen molar-refractivity contribution in [2.75, 3.05) is 0 Å². The van der Waals surface area contributed by atoms with Crippen LogP contribution in [0.3, 0.4) is 0 Å². The quantitative estimate of drug-likeness (QED) is 0.272. The molecular weight excluding hydrogens is 427 g/mol. The van der Waals surface area contributed by atoms with Gasteiger partial charge in [0.15, 0.2) is 5.78 Å². The first-order chi connectivity index (χ1) is 13.8. The number of rotatable bonds is 6. The lowest BCUT2D eigenvalue weighted by Gasteiger charge is -2.19. The summed E-state index contributed by atoms with van der Waals surface area (Å²) < 4.78 is 47.9. The summed E-state index contributed by atoms with van der Waals surface area (Å²) in [6, 6.07) is 3.18. The minimum Gasteiger partial charge on any atom is -0.460 e. The van der Waals surface area contributed by atoms with E-state index in [1.165, 1.54) is 0 Å². The van der Waals surface area contributed by atoms with Gasteiger partial charge in [0.25, 0.3) is 5.69 Å². The highest BCUT2D eigenvalue weighted by atomic mass is 35.5. The second-order valence-corrected chi connectivity index (χ2v) is 7.79. The molecule has 2 aromatic carbocycles. The zero-order valence-corrected chi connectivity index (χ0v) is 17.0. The van der Waals surface area contributed by atoms with Crippen molar-refractivity contribution in [2.24, 2.45) is 0 Å². The van der Waals surface area contributed by atoms with Crippen molar-refractivity contribution >= 4 is 29.0 Å². The molecule has 0 aliphatic carbocycles. The molecule has 2 rings (SSSR count). The Kier molecular flexibility index (Phi) is 6.87. The molecule has 0 radical (unpaired) electrons. The van der Waals surface area contributed by atoms with Gasteiger partial charge in [-0.15, -0.1) is 0 Å². The smallest absolute Gasteiger partial charge is 0.310 e. The number of benzene rings is 2. The van der Waals surface area contributed by atoms with Crippen molar-refractivity contribution in [1.82, 2.24) is 0 Å². The van der Waals surface area contributed by atoms with Gasteiger partial charge in [-0.25, -0.2) is 13.2 Å². The highest BCUT2D eigenvalue weighted by Crippen LogP contribution is 2.28. The number of Topliss-reactive ketones (excluding diaryl/α,β-unsaturated/α-hetero) is 1. The number of halogens is 4. The highest BCUT2D eigenvalue weighted by Gasteiger charge is 2.25. The summed E-state index contributed by atoms with van der Waals surface area (Å²) in [5.74, 6) is -5.22. The van der Waals surface area contributed by atoms with Crippen molar-refractivity contribution in [2.45, 2.75) is 39.2 Å². The van der Waals surface area contributed by atoms with E-state index in [-0.39, 0.29) is 5.56 Å². The van der Waals surface area contributed by atoms with E-state index in [1.54, 1.807) is 20.8 Å². The van der Waals surface area contributed by atoms with Crippen LogP contribution in [0.15, 0.2) is 24.3 Å². The largest absolute Gasteiger partial charge is 0.460 e. The Morgan fingerprint density at radius 1 is 1.10 bits per heavy atom. The molecule has 0 aliphatic rings. The van der Waals surface area contributed by atoms with Crippen molar-refractivity contribution in [3.63, 3.8) is 0 Å². The van der Waals surface area contributed by atoms with Gasteiger partial charge >= 0.3 is 5.97 Å². The second kappa shape index (κ2) is 8.83. The summed E-state index contributed by atoms with van der Waals surface area (Å²) in [5, 5.41) is 10.2. The van der Waals surface area contributed by atoms with Crippen LogP contribution in [0.2, 0.25) is 5.02 Å². The zero-order valence-electron chi connectivity index (χ0n) is 16.2. The van der Waals surface area contributed by atoms with Gasteiger partial charge in [-0.1, -0.05) is 17.7 Å². The van der Waals surface area contributed by atoms with E-state index >= 15 is 0 Å². The van der Waals surface area contributed by atoms with Crippen molar-refractivity contribution in [1.29, 1.82) is 0 Å². The minimum absolute atomic E-state index is 0.204. The van der Waals surface area contributed by atoms with Crippen LogP contribution in [0, 0.1) is 27.6 Å². The fourth-order valence-electron chi connectivity index (χ4n) is 2.62. The first-order valence-corrected chi connectivity index (χ1v) is 9.02. The van der Waals surface area contributed by atoms with Crippen LogP contribution in [0.1, 0.15) is 42.3 Å². The first kappa shape index (κ1) is 23.3. The Labute approximate surface area is 174 Å². The normalized spacial score (nSPS) is 11.3. The molecule has 0 fully saturated rings. The van der Waals surface area contributed by atoms with Crippen LogP contribution in [-0.4, -0.2) is 22.3 Å². The number of hydrogen-bond acceptors (Lipinski definition) is 5. The minimum atomic E-state index is -1.21. The number of nitrogens with zero attached hydrogens (tertiary/aromatic N) is 1.